The topological polar surface area (TPSA) is 55.2 Å². The molecule has 0 spiro atoms. The van der Waals surface area contributed by atoms with Crippen molar-refractivity contribution in [2.45, 2.75) is 19.1 Å². The predicted octanol–water partition coefficient (Wildman–Crippen LogP) is 1.83. The number of pyridine rings is 1. The first-order valence-corrected chi connectivity index (χ1v) is 7.88. The minimum atomic E-state index is -0.357. The molecule has 1 fully saturated rings. The van der Waals surface area contributed by atoms with Crippen LogP contribution in [0.5, 0.6) is 0 Å². The number of aryl methyl sites for hydroxylation is 1. The van der Waals surface area contributed by atoms with Gasteiger partial charge in [0, 0.05) is 38.7 Å². The fraction of sp³-hybridized carbons (Fsp3) is 0.500. The largest absolute Gasteiger partial charge is 0.373 e. The van der Waals surface area contributed by atoms with Crippen LogP contribution in [-0.2, 0) is 11.8 Å². The fourth-order valence-electron chi connectivity index (χ4n) is 3.02. The van der Waals surface area contributed by atoms with E-state index in [1.54, 1.807) is 18.5 Å². The molecular formula is C16H22FN5O. The van der Waals surface area contributed by atoms with Crippen LogP contribution in [0.15, 0.2) is 30.7 Å². The van der Waals surface area contributed by atoms with Crippen molar-refractivity contribution in [1.82, 2.24) is 19.4 Å². The SMILES string of the molecule is CCN1CCO[C@@H](CNc2ncccc2F)[C@@H]1c1nccn1C. The Morgan fingerprint density at radius 2 is 2.26 bits per heavy atom. The summed E-state index contributed by atoms with van der Waals surface area (Å²) in [7, 11) is 1.98. The summed E-state index contributed by atoms with van der Waals surface area (Å²) in [6.07, 6.45) is 5.18. The van der Waals surface area contributed by atoms with E-state index in [1.165, 1.54) is 6.07 Å². The predicted molar refractivity (Wildman–Crippen MR) is 85.6 cm³/mol. The third kappa shape index (κ3) is 3.35. The summed E-state index contributed by atoms with van der Waals surface area (Å²) in [5, 5.41) is 3.06. The molecule has 0 unspecified atom stereocenters. The van der Waals surface area contributed by atoms with E-state index >= 15 is 0 Å². The smallest absolute Gasteiger partial charge is 0.165 e. The number of anilines is 1. The van der Waals surface area contributed by atoms with Gasteiger partial charge in [0.25, 0.3) is 0 Å². The Labute approximate surface area is 135 Å². The second-order valence-corrected chi connectivity index (χ2v) is 5.59. The molecule has 1 N–H and O–H groups in total. The van der Waals surface area contributed by atoms with Crippen molar-refractivity contribution in [3.8, 4) is 0 Å². The van der Waals surface area contributed by atoms with Gasteiger partial charge in [0.2, 0.25) is 0 Å². The Morgan fingerprint density at radius 3 is 2.96 bits per heavy atom. The number of aromatic nitrogens is 3. The van der Waals surface area contributed by atoms with Gasteiger partial charge in [-0.3, -0.25) is 4.90 Å². The molecule has 6 nitrogen and oxygen atoms in total. The Balaban J connectivity index is 1.78. The van der Waals surface area contributed by atoms with E-state index in [9.17, 15) is 4.39 Å². The van der Waals surface area contributed by atoms with Gasteiger partial charge in [-0.2, -0.15) is 0 Å². The Hall–Kier alpha value is -1.99. The van der Waals surface area contributed by atoms with E-state index in [-0.39, 0.29) is 23.8 Å². The van der Waals surface area contributed by atoms with Crippen molar-refractivity contribution >= 4 is 5.82 Å². The molecule has 0 saturated carbocycles. The molecule has 0 aliphatic carbocycles. The highest BCUT2D eigenvalue weighted by Crippen LogP contribution is 2.28. The van der Waals surface area contributed by atoms with Gasteiger partial charge >= 0.3 is 0 Å². The molecule has 0 bridgehead atoms. The highest BCUT2D eigenvalue weighted by atomic mass is 19.1. The maximum Gasteiger partial charge on any atom is 0.165 e. The molecule has 2 aromatic heterocycles. The molecule has 2 atom stereocenters. The molecule has 1 aliphatic heterocycles. The maximum absolute atomic E-state index is 13.7. The molecule has 0 radical (unpaired) electrons. The van der Waals surface area contributed by atoms with Crippen LogP contribution >= 0.6 is 0 Å². The molecule has 0 aromatic carbocycles. The molecule has 2 aromatic rings. The Kier molecular flexibility index (Phi) is 4.88. The van der Waals surface area contributed by atoms with E-state index in [2.05, 4.69) is 27.1 Å². The third-order valence-corrected chi connectivity index (χ3v) is 4.21. The lowest BCUT2D eigenvalue weighted by molar-refractivity contribution is -0.0675. The normalized spacial score (nSPS) is 22.2. The van der Waals surface area contributed by atoms with Crippen LogP contribution < -0.4 is 5.32 Å². The van der Waals surface area contributed by atoms with E-state index in [0.29, 0.717) is 13.2 Å². The van der Waals surface area contributed by atoms with Crippen LogP contribution in [0.3, 0.4) is 0 Å². The van der Waals surface area contributed by atoms with Crippen LogP contribution in [-0.4, -0.2) is 51.8 Å². The van der Waals surface area contributed by atoms with Crippen LogP contribution in [0.25, 0.3) is 0 Å². The number of nitrogens with zero attached hydrogens (tertiary/aromatic N) is 4. The highest BCUT2D eigenvalue weighted by molar-refractivity contribution is 5.35. The van der Waals surface area contributed by atoms with Crippen molar-refractivity contribution in [3.63, 3.8) is 0 Å². The van der Waals surface area contributed by atoms with Gasteiger partial charge in [-0.1, -0.05) is 6.92 Å². The third-order valence-electron chi connectivity index (χ3n) is 4.21. The van der Waals surface area contributed by atoms with Gasteiger partial charge in [0.15, 0.2) is 11.6 Å². The summed E-state index contributed by atoms with van der Waals surface area (Å²) in [6, 6.07) is 3.01. The van der Waals surface area contributed by atoms with E-state index < -0.39 is 0 Å². The molecule has 124 valence electrons. The van der Waals surface area contributed by atoms with E-state index in [1.807, 2.05) is 17.8 Å². The number of likely N-dealkylation sites (N-methyl/N-ethyl adjacent to an activating group) is 1. The lowest BCUT2D eigenvalue weighted by atomic mass is 10.1. The number of imidazole rings is 1. The van der Waals surface area contributed by atoms with Gasteiger partial charge in [0.05, 0.1) is 18.8 Å². The van der Waals surface area contributed by atoms with Crippen LogP contribution in [0.1, 0.15) is 18.8 Å². The first kappa shape index (κ1) is 15.9. The van der Waals surface area contributed by atoms with Crippen molar-refractivity contribution in [3.05, 3.63) is 42.4 Å². The average Bonchev–Trinajstić information content (AvgIpc) is 2.99. The summed E-state index contributed by atoms with van der Waals surface area (Å²) < 4.78 is 21.7. The Bertz CT molecular complexity index is 647. The molecule has 23 heavy (non-hydrogen) atoms. The molecular weight excluding hydrogens is 297 g/mol. The molecule has 0 amide bonds. The van der Waals surface area contributed by atoms with E-state index in [0.717, 1.165) is 18.9 Å². The number of rotatable bonds is 5. The number of halogens is 1. The van der Waals surface area contributed by atoms with Gasteiger partial charge in [0.1, 0.15) is 5.82 Å². The first-order chi connectivity index (χ1) is 11.2. The van der Waals surface area contributed by atoms with Crippen molar-refractivity contribution < 1.29 is 9.13 Å². The molecule has 1 saturated heterocycles. The fourth-order valence-corrected chi connectivity index (χ4v) is 3.02. The van der Waals surface area contributed by atoms with Gasteiger partial charge < -0.3 is 14.6 Å². The van der Waals surface area contributed by atoms with E-state index in [4.69, 9.17) is 4.74 Å². The quantitative estimate of drug-likeness (QED) is 0.911. The van der Waals surface area contributed by atoms with Crippen molar-refractivity contribution in [2.24, 2.45) is 7.05 Å². The number of hydrogen-bond acceptors (Lipinski definition) is 5. The second-order valence-electron chi connectivity index (χ2n) is 5.59. The summed E-state index contributed by atoms with van der Waals surface area (Å²) in [5.41, 5.74) is 0. The van der Waals surface area contributed by atoms with Gasteiger partial charge in [-0.25, -0.2) is 14.4 Å². The zero-order chi connectivity index (χ0) is 16.2. The summed E-state index contributed by atoms with van der Waals surface area (Å²) in [5.74, 6) is 0.854. The minimum absolute atomic E-state index is 0.0352. The molecule has 3 rings (SSSR count). The lowest BCUT2D eigenvalue weighted by Gasteiger charge is -2.40. The number of morpholine rings is 1. The monoisotopic (exact) mass is 319 g/mol. The summed E-state index contributed by atoms with van der Waals surface area (Å²) in [4.78, 5) is 10.9. The van der Waals surface area contributed by atoms with Crippen LogP contribution in [0, 0.1) is 5.82 Å². The average molecular weight is 319 g/mol. The van der Waals surface area contributed by atoms with Gasteiger partial charge in [-0.05, 0) is 18.7 Å². The maximum atomic E-state index is 13.7. The number of ether oxygens (including phenoxy) is 1. The number of nitrogens with one attached hydrogen (secondary N) is 1. The molecule has 1 aliphatic rings. The minimum Gasteiger partial charge on any atom is -0.373 e. The first-order valence-electron chi connectivity index (χ1n) is 7.88. The molecule has 7 heteroatoms. The van der Waals surface area contributed by atoms with Crippen molar-refractivity contribution in [2.75, 3.05) is 31.6 Å². The van der Waals surface area contributed by atoms with Gasteiger partial charge in [-0.15, -0.1) is 0 Å². The highest BCUT2D eigenvalue weighted by Gasteiger charge is 2.35. The van der Waals surface area contributed by atoms with Crippen molar-refractivity contribution in [1.29, 1.82) is 0 Å². The summed E-state index contributed by atoms with van der Waals surface area (Å²) >= 11 is 0. The number of hydrogen-bond donors (Lipinski definition) is 1. The zero-order valence-corrected chi connectivity index (χ0v) is 13.4. The van der Waals surface area contributed by atoms with Crippen LogP contribution in [0.2, 0.25) is 0 Å². The lowest BCUT2D eigenvalue weighted by Crippen LogP contribution is -2.48. The second kappa shape index (κ2) is 7.06. The zero-order valence-electron chi connectivity index (χ0n) is 13.4. The van der Waals surface area contributed by atoms with Crippen LogP contribution in [0.4, 0.5) is 10.2 Å². The summed E-state index contributed by atoms with van der Waals surface area (Å²) in [6.45, 7) is 5.04. The standard InChI is InChI=1S/C16H22FN5O/c1-3-22-9-10-23-13(14(22)16-19-7-8-21(16)2)11-20-15-12(17)5-4-6-18-15/h4-8,13-14H,3,9-11H2,1-2H3,(H,18,20)/t13-,14+/m0/s1. The molecule has 3 heterocycles. The Morgan fingerprint density at radius 1 is 1.39 bits per heavy atom.